The van der Waals surface area contributed by atoms with E-state index in [0.717, 1.165) is 39.8 Å². The van der Waals surface area contributed by atoms with E-state index in [2.05, 4.69) is 83.1 Å². The normalized spacial score (nSPS) is 21.9. The van der Waals surface area contributed by atoms with Crippen LogP contribution in [-0.2, 0) is 22.7 Å². The molecule has 4 atom stereocenters. The van der Waals surface area contributed by atoms with Crippen LogP contribution in [-0.4, -0.2) is 41.6 Å². The van der Waals surface area contributed by atoms with E-state index in [1.54, 1.807) is 23.1 Å². The van der Waals surface area contributed by atoms with Gasteiger partial charge < -0.3 is 19.5 Å². The van der Waals surface area contributed by atoms with E-state index in [1.807, 2.05) is 18.2 Å². The molecule has 7 rings (SSSR count). The lowest BCUT2D eigenvalue weighted by Gasteiger charge is -2.29. The highest BCUT2D eigenvalue weighted by Gasteiger charge is 2.49. The Labute approximate surface area is 242 Å². The van der Waals surface area contributed by atoms with E-state index in [-0.39, 0.29) is 12.2 Å². The van der Waals surface area contributed by atoms with Crippen LogP contribution >= 0.6 is 23.1 Å². The Hall–Kier alpha value is -2.94. The number of fused-ring (bicyclic) bond motifs is 4. The number of aromatic nitrogens is 1. The molecular weight excluding hydrogens is 537 g/mol. The molecule has 2 bridgehead atoms. The van der Waals surface area contributed by atoms with Gasteiger partial charge in [0.1, 0.15) is 18.0 Å². The van der Waals surface area contributed by atoms with Crippen LogP contribution in [0.15, 0.2) is 95.3 Å². The highest BCUT2D eigenvalue weighted by Crippen LogP contribution is 2.35. The fourth-order valence-corrected chi connectivity index (χ4v) is 7.84. The smallest absolute Gasteiger partial charge is 0.151 e. The molecule has 0 spiro atoms. The first-order chi connectivity index (χ1) is 19.8. The average Bonchev–Trinajstić information content (AvgIpc) is 3.73. The van der Waals surface area contributed by atoms with Crippen LogP contribution in [0.4, 0.5) is 0 Å². The van der Waals surface area contributed by atoms with Gasteiger partial charge in [-0.15, -0.1) is 11.3 Å². The van der Waals surface area contributed by atoms with Crippen molar-refractivity contribution in [2.75, 3.05) is 12.4 Å². The minimum Gasteiger partial charge on any atom is -0.493 e. The number of thioether (sulfide) groups is 1. The Morgan fingerprint density at radius 2 is 1.55 bits per heavy atom. The molecule has 5 nitrogen and oxygen atoms in total. The van der Waals surface area contributed by atoms with Crippen molar-refractivity contribution in [1.29, 1.82) is 0 Å². The van der Waals surface area contributed by atoms with Crippen LogP contribution in [0, 0.1) is 0 Å². The SMILES string of the molecule is c1ccc2c(CO[C@@H]3[C@H](OCc4ccc(OCCSc5nc6ccccc6s5)cc4)[C@H]4CC[C@@H]3N4)cccc2c1. The van der Waals surface area contributed by atoms with Gasteiger partial charge in [-0.2, -0.15) is 0 Å². The van der Waals surface area contributed by atoms with Crippen LogP contribution in [0.2, 0.25) is 0 Å². The summed E-state index contributed by atoms with van der Waals surface area (Å²) in [4.78, 5) is 4.68. The predicted molar refractivity (Wildman–Crippen MR) is 163 cm³/mol. The Kier molecular flexibility index (Phi) is 7.72. The highest BCUT2D eigenvalue weighted by molar-refractivity contribution is 8.01. The predicted octanol–water partition coefficient (Wildman–Crippen LogP) is 7.23. The van der Waals surface area contributed by atoms with Crippen molar-refractivity contribution in [1.82, 2.24) is 10.3 Å². The number of hydrogen-bond donors (Lipinski definition) is 1. The van der Waals surface area contributed by atoms with E-state index in [1.165, 1.54) is 21.0 Å². The van der Waals surface area contributed by atoms with Gasteiger partial charge in [0, 0.05) is 17.8 Å². The number of rotatable bonds is 11. The monoisotopic (exact) mass is 568 g/mol. The number of ether oxygens (including phenoxy) is 3. The number of para-hydroxylation sites is 1. The van der Waals surface area contributed by atoms with Crippen molar-refractivity contribution >= 4 is 44.1 Å². The first kappa shape index (κ1) is 26.0. The molecule has 2 saturated heterocycles. The maximum absolute atomic E-state index is 6.54. The molecule has 1 aromatic heterocycles. The molecule has 2 aliphatic rings. The number of nitrogens with zero attached hydrogens (tertiary/aromatic N) is 1. The summed E-state index contributed by atoms with van der Waals surface area (Å²) in [5, 5.41) is 6.23. The summed E-state index contributed by atoms with van der Waals surface area (Å²) in [6.45, 7) is 1.81. The lowest BCUT2D eigenvalue weighted by atomic mass is 9.94. The first-order valence-electron chi connectivity index (χ1n) is 14.0. The van der Waals surface area contributed by atoms with Crippen molar-refractivity contribution in [2.45, 2.75) is 54.7 Å². The molecule has 2 aliphatic heterocycles. The Bertz CT molecular complexity index is 1550. The summed E-state index contributed by atoms with van der Waals surface area (Å²) in [7, 11) is 0. The standard InChI is InChI=1S/C33H32N2O3S2/c1-2-9-26-23(6-1)7-5-8-24(26)21-38-32-29-17-16-28(34-29)31(32)37-20-22-12-14-25(15-13-22)36-18-19-39-33-35-27-10-3-4-11-30(27)40-33/h1-15,28-29,31-32,34H,16-21H2/t28-,29+,31-,32+/m1/s1. The lowest BCUT2D eigenvalue weighted by Crippen LogP contribution is -2.40. The van der Waals surface area contributed by atoms with Gasteiger partial charge in [0.05, 0.1) is 30.0 Å². The molecule has 0 radical (unpaired) electrons. The fraction of sp³-hybridized carbons (Fsp3) is 0.303. The zero-order valence-electron chi connectivity index (χ0n) is 22.2. The van der Waals surface area contributed by atoms with E-state index in [9.17, 15) is 0 Å². The van der Waals surface area contributed by atoms with Crippen LogP contribution in [0.1, 0.15) is 24.0 Å². The van der Waals surface area contributed by atoms with Crippen molar-refractivity contribution in [3.8, 4) is 5.75 Å². The molecule has 204 valence electrons. The summed E-state index contributed by atoms with van der Waals surface area (Å²) in [6, 6.07) is 32.2. The quantitative estimate of drug-likeness (QED) is 0.134. The summed E-state index contributed by atoms with van der Waals surface area (Å²) < 4.78 is 21.3. The number of nitrogens with one attached hydrogen (secondary N) is 1. The van der Waals surface area contributed by atoms with Gasteiger partial charge in [-0.25, -0.2) is 4.98 Å². The lowest BCUT2D eigenvalue weighted by molar-refractivity contribution is -0.0885. The van der Waals surface area contributed by atoms with Gasteiger partial charge >= 0.3 is 0 Å². The molecule has 40 heavy (non-hydrogen) atoms. The van der Waals surface area contributed by atoms with E-state index in [4.69, 9.17) is 14.2 Å². The van der Waals surface area contributed by atoms with Gasteiger partial charge in [0.2, 0.25) is 0 Å². The van der Waals surface area contributed by atoms with Gasteiger partial charge in [-0.3, -0.25) is 0 Å². The minimum absolute atomic E-state index is 0.0594. The molecule has 1 N–H and O–H groups in total. The maximum atomic E-state index is 6.54. The topological polar surface area (TPSA) is 52.6 Å². The third-order valence-electron chi connectivity index (χ3n) is 7.86. The van der Waals surface area contributed by atoms with E-state index >= 15 is 0 Å². The Balaban J connectivity index is 0.901. The van der Waals surface area contributed by atoms with Crippen molar-refractivity contribution < 1.29 is 14.2 Å². The third-order valence-corrected chi connectivity index (χ3v) is 10.0. The van der Waals surface area contributed by atoms with Crippen LogP contribution in [0.25, 0.3) is 21.0 Å². The molecule has 4 aromatic carbocycles. The molecule has 2 fully saturated rings. The van der Waals surface area contributed by atoms with Crippen LogP contribution < -0.4 is 10.1 Å². The Morgan fingerprint density at radius 1 is 0.800 bits per heavy atom. The molecule has 0 amide bonds. The van der Waals surface area contributed by atoms with Crippen LogP contribution in [0.5, 0.6) is 5.75 Å². The number of thiazole rings is 1. The first-order valence-corrected chi connectivity index (χ1v) is 15.8. The molecule has 0 saturated carbocycles. The van der Waals surface area contributed by atoms with Gasteiger partial charge in [0.25, 0.3) is 0 Å². The molecule has 5 aromatic rings. The summed E-state index contributed by atoms with van der Waals surface area (Å²) in [6.07, 6.45) is 2.41. The Morgan fingerprint density at radius 3 is 2.40 bits per heavy atom. The van der Waals surface area contributed by atoms with E-state index in [0.29, 0.717) is 31.9 Å². The fourth-order valence-electron chi connectivity index (χ4n) is 5.88. The average molecular weight is 569 g/mol. The zero-order chi connectivity index (χ0) is 26.7. The molecule has 3 heterocycles. The van der Waals surface area contributed by atoms with Crippen LogP contribution in [0.3, 0.4) is 0 Å². The number of benzene rings is 4. The maximum Gasteiger partial charge on any atom is 0.151 e. The second-order valence-electron chi connectivity index (χ2n) is 10.4. The molecule has 0 unspecified atom stereocenters. The zero-order valence-corrected chi connectivity index (χ0v) is 23.8. The highest BCUT2D eigenvalue weighted by atomic mass is 32.2. The van der Waals surface area contributed by atoms with Crippen molar-refractivity contribution in [2.24, 2.45) is 0 Å². The van der Waals surface area contributed by atoms with E-state index < -0.39 is 0 Å². The number of hydrogen-bond acceptors (Lipinski definition) is 7. The second kappa shape index (κ2) is 11.9. The molecule has 7 heteroatoms. The van der Waals surface area contributed by atoms with Crippen molar-refractivity contribution in [3.63, 3.8) is 0 Å². The summed E-state index contributed by atoms with van der Waals surface area (Å²) >= 11 is 3.48. The van der Waals surface area contributed by atoms with Crippen molar-refractivity contribution in [3.05, 3.63) is 102 Å². The van der Waals surface area contributed by atoms with Gasteiger partial charge in [-0.05, 0) is 59.0 Å². The summed E-state index contributed by atoms with van der Waals surface area (Å²) in [5.74, 6) is 1.74. The van der Waals surface area contributed by atoms with Gasteiger partial charge in [0.15, 0.2) is 4.34 Å². The van der Waals surface area contributed by atoms with Gasteiger partial charge in [-0.1, -0.05) is 78.5 Å². The largest absolute Gasteiger partial charge is 0.493 e. The molecular formula is C33H32N2O3S2. The third kappa shape index (κ3) is 5.62. The summed E-state index contributed by atoms with van der Waals surface area (Å²) in [5.41, 5.74) is 3.44. The second-order valence-corrected chi connectivity index (χ2v) is 12.8. The minimum atomic E-state index is 0.0594. The molecule has 0 aliphatic carbocycles.